The number of methoxy groups -OCH3 is 1. The summed E-state index contributed by atoms with van der Waals surface area (Å²) in [6, 6.07) is 1.92. The van der Waals surface area contributed by atoms with E-state index in [1.165, 1.54) is 18.4 Å². The number of aryl methyl sites for hydroxylation is 1. The SMILES string of the molecule is C=Cc1cc(C)sc1C(=O)OC. The first-order valence-corrected chi connectivity index (χ1v) is 4.32. The number of ether oxygens (including phenoxy) is 1. The van der Waals surface area contributed by atoms with Gasteiger partial charge in [0.2, 0.25) is 0 Å². The van der Waals surface area contributed by atoms with Gasteiger partial charge in [0.1, 0.15) is 4.88 Å². The maximum absolute atomic E-state index is 11.1. The van der Waals surface area contributed by atoms with Crippen molar-refractivity contribution in [2.75, 3.05) is 7.11 Å². The zero-order valence-electron chi connectivity index (χ0n) is 7.09. The minimum absolute atomic E-state index is 0.289. The van der Waals surface area contributed by atoms with E-state index in [0.717, 1.165) is 10.4 Å². The Bertz CT molecular complexity index is 312. The van der Waals surface area contributed by atoms with E-state index in [1.807, 2.05) is 13.0 Å². The van der Waals surface area contributed by atoms with Gasteiger partial charge in [-0.05, 0) is 18.6 Å². The van der Waals surface area contributed by atoms with Crippen LogP contribution in [0.15, 0.2) is 12.6 Å². The largest absolute Gasteiger partial charge is 0.465 e. The monoisotopic (exact) mass is 182 g/mol. The number of esters is 1. The maximum Gasteiger partial charge on any atom is 0.348 e. The van der Waals surface area contributed by atoms with Crippen molar-refractivity contribution in [2.24, 2.45) is 0 Å². The quantitative estimate of drug-likeness (QED) is 0.657. The van der Waals surface area contributed by atoms with Gasteiger partial charge in [0.15, 0.2) is 0 Å². The van der Waals surface area contributed by atoms with Crippen LogP contribution in [0.4, 0.5) is 0 Å². The lowest BCUT2D eigenvalue weighted by Crippen LogP contribution is -1.99. The molecule has 0 aromatic carbocycles. The van der Waals surface area contributed by atoms with Gasteiger partial charge in [-0.3, -0.25) is 0 Å². The van der Waals surface area contributed by atoms with E-state index in [2.05, 4.69) is 11.3 Å². The summed E-state index contributed by atoms with van der Waals surface area (Å²) in [5.41, 5.74) is 0.851. The zero-order chi connectivity index (χ0) is 9.14. The van der Waals surface area contributed by atoms with E-state index in [0.29, 0.717) is 4.88 Å². The summed E-state index contributed by atoms with van der Waals surface area (Å²) in [5.74, 6) is -0.289. The van der Waals surface area contributed by atoms with Crippen LogP contribution in [0.5, 0.6) is 0 Å². The first-order chi connectivity index (χ1) is 5.69. The Morgan fingerprint density at radius 3 is 2.92 bits per heavy atom. The third kappa shape index (κ3) is 1.56. The standard InChI is InChI=1S/C9H10O2S/c1-4-7-5-6(2)12-8(7)9(10)11-3/h4-5H,1H2,2-3H3. The number of rotatable bonds is 2. The molecule has 64 valence electrons. The summed E-state index contributed by atoms with van der Waals surface area (Å²) < 4.78 is 4.62. The van der Waals surface area contributed by atoms with Crippen LogP contribution >= 0.6 is 11.3 Å². The molecule has 1 heterocycles. The highest BCUT2D eigenvalue weighted by Crippen LogP contribution is 2.23. The van der Waals surface area contributed by atoms with E-state index in [1.54, 1.807) is 6.08 Å². The summed E-state index contributed by atoms with van der Waals surface area (Å²) in [5, 5.41) is 0. The molecule has 12 heavy (non-hydrogen) atoms. The van der Waals surface area contributed by atoms with Crippen molar-refractivity contribution >= 4 is 23.4 Å². The Hall–Kier alpha value is -1.09. The molecule has 0 saturated carbocycles. The lowest BCUT2D eigenvalue weighted by atomic mass is 10.2. The average Bonchev–Trinajstić information content (AvgIpc) is 2.45. The van der Waals surface area contributed by atoms with Gasteiger partial charge in [-0.25, -0.2) is 4.79 Å². The topological polar surface area (TPSA) is 26.3 Å². The average molecular weight is 182 g/mol. The van der Waals surface area contributed by atoms with Crippen molar-refractivity contribution in [3.05, 3.63) is 28.0 Å². The molecule has 0 spiro atoms. The number of carbonyl (C=O) groups excluding carboxylic acids is 1. The van der Waals surface area contributed by atoms with Crippen molar-refractivity contribution in [1.82, 2.24) is 0 Å². The second kappa shape index (κ2) is 3.54. The predicted octanol–water partition coefficient (Wildman–Crippen LogP) is 2.49. The number of hydrogen-bond acceptors (Lipinski definition) is 3. The molecule has 0 aliphatic heterocycles. The second-order valence-corrected chi connectivity index (χ2v) is 3.59. The van der Waals surface area contributed by atoms with Gasteiger partial charge in [-0.2, -0.15) is 0 Å². The minimum atomic E-state index is -0.289. The van der Waals surface area contributed by atoms with Gasteiger partial charge >= 0.3 is 5.97 Å². The summed E-state index contributed by atoms with van der Waals surface area (Å²) in [6.07, 6.45) is 1.66. The van der Waals surface area contributed by atoms with Crippen molar-refractivity contribution in [1.29, 1.82) is 0 Å². The van der Waals surface area contributed by atoms with Crippen LogP contribution in [0.2, 0.25) is 0 Å². The molecule has 0 N–H and O–H groups in total. The molecule has 0 atom stereocenters. The highest BCUT2D eigenvalue weighted by molar-refractivity contribution is 7.14. The van der Waals surface area contributed by atoms with Crippen LogP contribution in [0.3, 0.4) is 0 Å². The highest BCUT2D eigenvalue weighted by Gasteiger charge is 2.12. The molecule has 0 saturated heterocycles. The molecule has 1 aromatic heterocycles. The second-order valence-electron chi connectivity index (χ2n) is 2.34. The molecule has 0 aliphatic rings. The highest BCUT2D eigenvalue weighted by atomic mass is 32.1. The summed E-state index contributed by atoms with van der Waals surface area (Å²) in [6.45, 7) is 5.57. The van der Waals surface area contributed by atoms with Crippen LogP contribution in [0.1, 0.15) is 20.1 Å². The lowest BCUT2D eigenvalue weighted by Gasteiger charge is -1.95. The molecule has 0 aliphatic carbocycles. The van der Waals surface area contributed by atoms with Gasteiger partial charge in [-0.1, -0.05) is 12.7 Å². The van der Waals surface area contributed by atoms with Gasteiger partial charge in [0, 0.05) is 4.88 Å². The Labute approximate surface area is 75.5 Å². The Morgan fingerprint density at radius 1 is 1.75 bits per heavy atom. The number of hydrogen-bond donors (Lipinski definition) is 0. The predicted molar refractivity (Wildman–Crippen MR) is 50.5 cm³/mol. The maximum atomic E-state index is 11.1. The molecular formula is C9H10O2S. The molecule has 1 aromatic rings. The van der Waals surface area contributed by atoms with Gasteiger partial charge in [0.25, 0.3) is 0 Å². The lowest BCUT2D eigenvalue weighted by molar-refractivity contribution is 0.0606. The van der Waals surface area contributed by atoms with Crippen LogP contribution in [-0.2, 0) is 4.74 Å². The minimum Gasteiger partial charge on any atom is -0.465 e. The summed E-state index contributed by atoms with van der Waals surface area (Å²) in [7, 11) is 1.38. The molecule has 0 amide bonds. The first-order valence-electron chi connectivity index (χ1n) is 3.50. The molecule has 2 nitrogen and oxygen atoms in total. The fraction of sp³-hybridized carbons (Fsp3) is 0.222. The number of thiophene rings is 1. The van der Waals surface area contributed by atoms with Crippen molar-refractivity contribution in [3.8, 4) is 0 Å². The van der Waals surface area contributed by atoms with Gasteiger partial charge < -0.3 is 4.74 Å². The normalized spacial score (nSPS) is 9.50. The third-order valence-electron chi connectivity index (χ3n) is 1.47. The summed E-state index contributed by atoms with van der Waals surface area (Å²) >= 11 is 1.43. The van der Waals surface area contributed by atoms with Crippen LogP contribution in [0, 0.1) is 6.92 Å². The van der Waals surface area contributed by atoms with E-state index >= 15 is 0 Å². The Balaban J connectivity index is 3.12. The third-order valence-corrected chi connectivity index (χ3v) is 2.52. The Kier molecular flexibility index (Phi) is 2.65. The fourth-order valence-electron chi connectivity index (χ4n) is 0.938. The van der Waals surface area contributed by atoms with Crippen molar-refractivity contribution in [3.63, 3.8) is 0 Å². The van der Waals surface area contributed by atoms with Crippen LogP contribution < -0.4 is 0 Å². The fourth-order valence-corrected chi connectivity index (χ4v) is 1.87. The molecule has 0 fully saturated rings. The van der Waals surface area contributed by atoms with E-state index in [-0.39, 0.29) is 5.97 Å². The smallest absolute Gasteiger partial charge is 0.348 e. The van der Waals surface area contributed by atoms with Crippen molar-refractivity contribution < 1.29 is 9.53 Å². The van der Waals surface area contributed by atoms with E-state index in [9.17, 15) is 4.79 Å². The molecule has 0 unspecified atom stereocenters. The first kappa shape index (κ1) is 9.00. The van der Waals surface area contributed by atoms with Gasteiger partial charge in [0.05, 0.1) is 7.11 Å². The molecular weight excluding hydrogens is 172 g/mol. The van der Waals surface area contributed by atoms with E-state index in [4.69, 9.17) is 0 Å². The van der Waals surface area contributed by atoms with Crippen LogP contribution in [0.25, 0.3) is 6.08 Å². The number of carbonyl (C=O) groups is 1. The zero-order valence-corrected chi connectivity index (χ0v) is 7.90. The molecule has 3 heteroatoms. The van der Waals surface area contributed by atoms with Gasteiger partial charge in [-0.15, -0.1) is 11.3 Å². The van der Waals surface area contributed by atoms with E-state index < -0.39 is 0 Å². The van der Waals surface area contributed by atoms with Crippen molar-refractivity contribution in [2.45, 2.75) is 6.92 Å². The molecule has 1 rings (SSSR count). The summed E-state index contributed by atoms with van der Waals surface area (Å²) in [4.78, 5) is 12.9. The molecule has 0 radical (unpaired) electrons. The molecule has 0 bridgehead atoms. The van der Waals surface area contributed by atoms with Crippen LogP contribution in [-0.4, -0.2) is 13.1 Å². The Morgan fingerprint density at radius 2 is 2.42 bits per heavy atom.